The van der Waals surface area contributed by atoms with E-state index in [1.165, 1.54) is 10.6 Å². The maximum absolute atomic E-state index is 13.1. The van der Waals surface area contributed by atoms with Crippen molar-refractivity contribution in [2.45, 2.75) is 33.1 Å². The summed E-state index contributed by atoms with van der Waals surface area (Å²) in [5, 5.41) is 0. The molecule has 0 unspecified atom stereocenters. The quantitative estimate of drug-likeness (QED) is 0.655. The van der Waals surface area contributed by atoms with Crippen LogP contribution in [-0.4, -0.2) is 93.5 Å². The maximum atomic E-state index is 13.1. The van der Waals surface area contributed by atoms with Gasteiger partial charge in [0.2, 0.25) is 15.9 Å². The predicted molar refractivity (Wildman–Crippen MR) is 122 cm³/mol. The normalized spacial score (nSPS) is 17.8. The molecular weight excluding hydrogens is 416 g/mol. The zero-order chi connectivity index (χ0) is 22.6. The highest BCUT2D eigenvalue weighted by molar-refractivity contribution is 7.92. The van der Waals surface area contributed by atoms with E-state index in [9.17, 15) is 18.0 Å². The number of hydrogen-bond donors (Lipinski definition) is 0. The van der Waals surface area contributed by atoms with E-state index in [1.54, 1.807) is 12.1 Å². The van der Waals surface area contributed by atoms with Crippen LogP contribution in [0.25, 0.3) is 0 Å². The fourth-order valence-electron chi connectivity index (χ4n) is 4.42. The lowest BCUT2D eigenvalue weighted by Crippen LogP contribution is -2.42. The van der Waals surface area contributed by atoms with E-state index in [0.29, 0.717) is 57.1 Å². The predicted octanol–water partition coefficient (Wildman–Crippen LogP) is 1.42. The Bertz CT molecular complexity index is 914. The number of aryl methyl sites for hydroxylation is 1. The Morgan fingerprint density at radius 3 is 2.42 bits per heavy atom. The molecule has 2 heterocycles. The lowest BCUT2D eigenvalue weighted by atomic mass is 10.00. The number of nitrogens with zero attached hydrogens (tertiary/aromatic N) is 4. The van der Waals surface area contributed by atoms with Gasteiger partial charge in [-0.05, 0) is 56.9 Å². The Kier molecular flexibility index (Phi) is 7.59. The Morgan fingerprint density at radius 1 is 1.00 bits per heavy atom. The van der Waals surface area contributed by atoms with E-state index in [1.807, 2.05) is 29.7 Å². The minimum atomic E-state index is -3.32. The highest BCUT2D eigenvalue weighted by Crippen LogP contribution is 2.30. The van der Waals surface area contributed by atoms with Crippen LogP contribution in [0.15, 0.2) is 18.2 Å². The van der Waals surface area contributed by atoms with Crippen LogP contribution < -0.4 is 4.31 Å². The van der Waals surface area contributed by atoms with Crippen molar-refractivity contribution in [2.75, 3.05) is 62.9 Å². The molecule has 0 N–H and O–H groups in total. The van der Waals surface area contributed by atoms with Gasteiger partial charge in [0.25, 0.3) is 5.91 Å². The molecule has 2 amide bonds. The smallest absolute Gasteiger partial charge is 0.253 e. The Labute approximate surface area is 185 Å². The number of hydrogen-bond acceptors (Lipinski definition) is 5. The first kappa shape index (κ1) is 23.5. The largest absolute Gasteiger partial charge is 0.342 e. The van der Waals surface area contributed by atoms with E-state index < -0.39 is 10.0 Å². The number of rotatable bonds is 6. The van der Waals surface area contributed by atoms with Gasteiger partial charge in [-0.1, -0.05) is 0 Å². The van der Waals surface area contributed by atoms with E-state index in [4.69, 9.17) is 0 Å². The highest BCUT2D eigenvalue weighted by Gasteiger charge is 2.27. The number of sulfonamides is 1. The Balaban J connectivity index is 1.66. The summed E-state index contributed by atoms with van der Waals surface area (Å²) < 4.78 is 25.5. The third-order valence-electron chi connectivity index (χ3n) is 6.15. The maximum Gasteiger partial charge on any atom is 0.253 e. The van der Waals surface area contributed by atoms with Gasteiger partial charge in [-0.15, -0.1) is 0 Å². The summed E-state index contributed by atoms with van der Waals surface area (Å²) in [5.74, 6) is 0.103. The van der Waals surface area contributed by atoms with Gasteiger partial charge in [-0.25, -0.2) is 8.42 Å². The van der Waals surface area contributed by atoms with Gasteiger partial charge < -0.3 is 9.80 Å². The van der Waals surface area contributed by atoms with Crippen molar-refractivity contribution < 1.29 is 18.0 Å². The highest BCUT2D eigenvalue weighted by atomic mass is 32.2. The van der Waals surface area contributed by atoms with Gasteiger partial charge >= 0.3 is 0 Å². The molecule has 3 rings (SSSR count). The molecule has 31 heavy (non-hydrogen) atoms. The van der Waals surface area contributed by atoms with Crippen LogP contribution in [0.4, 0.5) is 5.69 Å². The number of likely N-dealkylation sites (N-methyl/N-ethyl adjacent to an activating group) is 1. The zero-order valence-corrected chi connectivity index (χ0v) is 19.7. The molecule has 0 radical (unpaired) electrons. The third-order valence-corrected chi connectivity index (χ3v) is 7.33. The fourth-order valence-corrected chi connectivity index (χ4v) is 5.42. The third kappa shape index (κ3) is 5.57. The number of carbonyl (C=O) groups excluding carboxylic acids is 2. The van der Waals surface area contributed by atoms with Crippen LogP contribution in [0.5, 0.6) is 0 Å². The molecule has 0 spiro atoms. The summed E-state index contributed by atoms with van der Waals surface area (Å²) in [7, 11) is -3.32. The summed E-state index contributed by atoms with van der Waals surface area (Å²) in [6, 6.07) is 5.34. The van der Waals surface area contributed by atoms with Gasteiger partial charge in [-0.2, -0.15) is 0 Å². The molecule has 9 heteroatoms. The van der Waals surface area contributed by atoms with Gasteiger partial charge in [-0.3, -0.25) is 18.8 Å². The molecule has 0 saturated carbocycles. The van der Waals surface area contributed by atoms with E-state index in [2.05, 4.69) is 4.90 Å². The first-order chi connectivity index (χ1) is 14.7. The van der Waals surface area contributed by atoms with Crippen LogP contribution in [0, 0.1) is 0 Å². The van der Waals surface area contributed by atoms with Crippen molar-refractivity contribution in [1.29, 1.82) is 0 Å². The second kappa shape index (κ2) is 9.99. The summed E-state index contributed by atoms with van der Waals surface area (Å²) >= 11 is 0. The standard InChI is InChI=1S/C22H34N4O4S/c1-4-24(5-2)21(27)17-23-11-7-12-25(15-14-23)22(28)19-9-10-20-18(16-19)8-6-13-26(20)31(3,29)30/h9-10,16H,4-8,11-15,17H2,1-3H3. The van der Waals surface area contributed by atoms with E-state index >= 15 is 0 Å². The Morgan fingerprint density at radius 2 is 1.74 bits per heavy atom. The van der Waals surface area contributed by atoms with Gasteiger partial charge in [0, 0.05) is 51.4 Å². The van der Waals surface area contributed by atoms with Gasteiger partial charge in [0.05, 0.1) is 18.5 Å². The molecule has 0 bridgehead atoms. The van der Waals surface area contributed by atoms with Gasteiger partial charge in [0.15, 0.2) is 0 Å². The molecule has 1 aromatic carbocycles. The molecule has 172 valence electrons. The first-order valence-corrected chi connectivity index (χ1v) is 13.0. The summed E-state index contributed by atoms with van der Waals surface area (Å²) in [6.07, 6.45) is 3.56. The van der Waals surface area contributed by atoms with Crippen LogP contribution >= 0.6 is 0 Å². The number of benzene rings is 1. The molecule has 0 aliphatic carbocycles. The second-order valence-corrected chi connectivity index (χ2v) is 10.2. The molecule has 0 aromatic heterocycles. The lowest BCUT2D eigenvalue weighted by Gasteiger charge is -2.30. The van der Waals surface area contributed by atoms with Crippen molar-refractivity contribution >= 4 is 27.5 Å². The van der Waals surface area contributed by atoms with Crippen molar-refractivity contribution in [3.63, 3.8) is 0 Å². The molecule has 2 aliphatic heterocycles. The molecule has 1 fully saturated rings. The van der Waals surface area contributed by atoms with Crippen molar-refractivity contribution in [1.82, 2.24) is 14.7 Å². The molecule has 2 aliphatic rings. The monoisotopic (exact) mass is 450 g/mol. The minimum absolute atomic E-state index is 0.0313. The van der Waals surface area contributed by atoms with Crippen LogP contribution in [0.1, 0.15) is 42.6 Å². The lowest BCUT2D eigenvalue weighted by molar-refractivity contribution is -0.132. The average molecular weight is 451 g/mol. The second-order valence-electron chi connectivity index (χ2n) is 8.27. The Hall–Kier alpha value is -2.13. The number of amides is 2. The minimum Gasteiger partial charge on any atom is -0.342 e. The first-order valence-electron chi connectivity index (χ1n) is 11.1. The van der Waals surface area contributed by atoms with Crippen molar-refractivity contribution in [3.8, 4) is 0 Å². The molecule has 8 nitrogen and oxygen atoms in total. The SMILES string of the molecule is CCN(CC)C(=O)CN1CCCN(C(=O)c2ccc3c(c2)CCCN3S(C)(=O)=O)CC1. The number of carbonyl (C=O) groups is 2. The molecule has 1 aromatic rings. The van der Waals surface area contributed by atoms with Crippen molar-refractivity contribution in [2.24, 2.45) is 0 Å². The van der Waals surface area contributed by atoms with Crippen LogP contribution in [0.3, 0.4) is 0 Å². The average Bonchev–Trinajstić information content (AvgIpc) is 2.98. The molecular formula is C22H34N4O4S. The van der Waals surface area contributed by atoms with Gasteiger partial charge in [0.1, 0.15) is 0 Å². The summed E-state index contributed by atoms with van der Waals surface area (Å²) in [6.45, 7) is 8.97. The van der Waals surface area contributed by atoms with Crippen LogP contribution in [-0.2, 0) is 21.2 Å². The zero-order valence-electron chi connectivity index (χ0n) is 18.8. The summed E-state index contributed by atoms with van der Waals surface area (Å²) in [4.78, 5) is 31.4. The number of fused-ring (bicyclic) bond motifs is 1. The topological polar surface area (TPSA) is 81.2 Å². The number of anilines is 1. The molecule has 0 atom stereocenters. The summed E-state index contributed by atoms with van der Waals surface area (Å²) in [5.41, 5.74) is 2.19. The van der Waals surface area contributed by atoms with E-state index in [-0.39, 0.29) is 11.8 Å². The molecule has 1 saturated heterocycles. The van der Waals surface area contributed by atoms with Crippen LogP contribution in [0.2, 0.25) is 0 Å². The van der Waals surface area contributed by atoms with Crippen molar-refractivity contribution in [3.05, 3.63) is 29.3 Å². The van der Waals surface area contributed by atoms with E-state index in [0.717, 1.165) is 31.4 Å². The fraction of sp³-hybridized carbons (Fsp3) is 0.636.